The number of carbonyl (C=O) groups is 2. The highest BCUT2D eigenvalue weighted by Gasteiger charge is 2.22. The molecular weight excluding hydrogens is 386 g/mol. The van der Waals surface area contributed by atoms with E-state index in [2.05, 4.69) is 17.1 Å². The Labute approximate surface area is 173 Å². The van der Waals surface area contributed by atoms with Crippen LogP contribution in [0.15, 0.2) is 52.1 Å². The minimum atomic E-state index is -0.0468. The SMILES string of the molecule is Cc1ccc(-c2nnc(SCC(=O)c3cccc(N4CCCC4=O)c3)o2)cc1C. The van der Waals surface area contributed by atoms with Crippen molar-refractivity contribution in [1.82, 2.24) is 10.2 Å². The Morgan fingerprint density at radius 3 is 2.76 bits per heavy atom. The normalized spacial score (nSPS) is 13.9. The standard InChI is InChI=1S/C22H21N3O3S/c1-14-8-9-17(11-15(14)2)21-23-24-22(28-21)29-13-19(26)16-5-3-6-18(12-16)25-10-4-7-20(25)27/h3,5-6,8-9,11-12H,4,7,10,13H2,1-2H3. The number of thioether (sulfide) groups is 1. The van der Waals surface area contributed by atoms with Crippen LogP contribution in [0.25, 0.3) is 11.5 Å². The highest BCUT2D eigenvalue weighted by atomic mass is 32.2. The molecule has 7 heteroatoms. The van der Waals surface area contributed by atoms with Gasteiger partial charge in [-0.2, -0.15) is 0 Å². The maximum atomic E-state index is 12.6. The number of ketones is 1. The van der Waals surface area contributed by atoms with Crippen LogP contribution in [0, 0.1) is 13.8 Å². The zero-order chi connectivity index (χ0) is 20.4. The van der Waals surface area contributed by atoms with Gasteiger partial charge in [0.15, 0.2) is 5.78 Å². The number of rotatable bonds is 6. The largest absolute Gasteiger partial charge is 0.411 e. The van der Waals surface area contributed by atoms with Crippen LogP contribution in [0.2, 0.25) is 0 Å². The van der Waals surface area contributed by atoms with Gasteiger partial charge in [-0.05, 0) is 55.7 Å². The summed E-state index contributed by atoms with van der Waals surface area (Å²) in [7, 11) is 0. The lowest BCUT2D eigenvalue weighted by molar-refractivity contribution is -0.117. The van der Waals surface area contributed by atoms with E-state index in [-0.39, 0.29) is 17.4 Å². The summed E-state index contributed by atoms with van der Waals surface area (Å²) in [5.74, 6) is 0.687. The zero-order valence-electron chi connectivity index (χ0n) is 16.3. The molecule has 1 fully saturated rings. The van der Waals surface area contributed by atoms with Crippen molar-refractivity contribution in [3.8, 4) is 11.5 Å². The number of hydrogen-bond donors (Lipinski definition) is 0. The first kappa shape index (κ1) is 19.4. The number of amides is 1. The summed E-state index contributed by atoms with van der Waals surface area (Å²) in [6, 6.07) is 13.2. The van der Waals surface area contributed by atoms with Gasteiger partial charge < -0.3 is 9.32 Å². The summed E-state index contributed by atoms with van der Waals surface area (Å²) in [5, 5.41) is 8.49. The van der Waals surface area contributed by atoms with Crippen molar-refractivity contribution in [2.45, 2.75) is 31.9 Å². The zero-order valence-corrected chi connectivity index (χ0v) is 17.2. The summed E-state index contributed by atoms with van der Waals surface area (Å²) in [6.45, 7) is 4.79. The van der Waals surface area contributed by atoms with Crippen molar-refractivity contribution in [2.24, 2.45) is 0 Å². The lowest BCUT2D eigenvalue weighted by Crippen LogP contribution is -2.23. The minimum absolute atomic E-state index is 0.0468. The molecule has 2 heterocycles. The Balaban J connectivity index is 1.42. The van der Waals surface area contributed by atoms with Crippen LogP contribution in [-0.2, 0) is 4.79 Å². The second kappa shape index (κ2) is 8.21. The molecule has 1 aliphatic heterocycles. The van der Waals surface area contributed by atoms with Gasteiger partial charge in [-0.1, -0.05) is 30.0 Å². The third kappa shape index (κ3) is 4.24. The van der Waals surface area contributed by atoms with Crippen LogP contribution < -0.4 is 4.90 Å². The highest BCUT2D eigenvalue weighted by Crippen LogP contribution is 2.26. The Morgan fingerprint density at radius 2 is 2.00 bits per heavy atom. The summed E-state index contributed by atoms with van der Waals surface area (Å²) in [5.41, 5.74) is 4.57. The van der Waals surface area contributed by atoms with E-state index in [0.29, 0.717) is 29.6 Å². The molecule has 0 N–H and O–H groups in total. The van der Waals surface area contributed by atoms with Gasteiger partial charge in [0, 0.05) is 29.8 Å². The summed E-state index contributed by atoms with van der Waals surface area (Å²) in [4.78, 5) is 26.3. The maximum Gasteiger partial charge on any atom is 0.277 e. The Hall–Kier alpha value is -2.93. The number of anilines is 1. The van der Waals surface area contributed by atoms with Crippen LogP contribution in [0.1, 0.15) is 34.3 Å². The second-order valence-electron chi connectivity index (χ2n) is 7.08. The molecule has 1 amide bonds. The lowest BCUT2D eigenvalue weighted by atomic mass is 10.1. The Morgan fingerprint density at radius 1 is 1.14 bits per heavy atom. The molecule has 0 saturated carbocycles. The smallest absolute Gasteiger partial charge is 0.277 e. The minimum Gasteiger partial charge on any atom is -0.411 e. The van der Waals surface area contributed by atoms with Crippen molar-refractivity contribution in [2.75, 3.05) is 17.2 Å². The van der Waals surface area contributed by atoms with E-state index in [1.54, 1.807) is 17.0 Å². The van der Waals surface area contributed by atoms with Crippen LogP contribution in [-0.4, -0.2) is 34.2 Å². The molecule has 0 unspecified atom stereocenters. The van der Waals surface area contributed by atoms with E-state index in [1.165, 1.54) is 17.3 Å². The van der Waals surface area contributed by atoms with Crippen molar-refractivity contribution in [1.29, 1.82) is 0 Å². The van der Waals surface area contributed by atoms with Crippen LogP contribution in [0.4, 0.5) is 5.69 Å². The molecule has 1 aliphatic rings. The molecule has 4 rings (SSSR count). The summed E-state index contributed by atoms with van der Waals surface area (Å²) >= 11 is 1.21. The average Bonchev–Trinajstić information content (AvgIpc) is 3.37. The highest BCUT2D eigenvalue weighted by molar-refractivity contribution is 7.99. The molecule has 148 valence electrons. The predicted octanol–water partition coefficient (Wildman–Crippen LogP) is 4.46. The molecule has 0 atom stereocenters. The number of aryl methyl sites for hydroxylation is 2. The van der Waals surface area contributed by atoms with E-state index in [9.17, 15) is 9.59 Å². The number of nitrogens with zero attached hydrogens (tertiary/aromatic N) is 3. The Kier molecular flexibility index (Phi) is 5.49. The molecule has 0 spiro atoms. The van der Waals surface area contributed by atoms with Crippen LogP contribution in [0.3, 0.4) is 0 Å². The van der Waals surface area contributed by atoms with Gasteiger partial charge in [-0.15, -0.1) is 10.2 Å². The van der Waals surface area contributed by atoms with Crippen molar-refractivity contribution >= 4 is 29.1 Å². The molecular formula is C22H21N3O3S. The molecule has 1 aromatic heterocycles. The van der Waals surface area contributed by atoms with Gasteiger partial charge in [-0.25, -0.2) is 0 Å². The van der Waals surface area contributed by atoms with Gasteiger partial charge in [0.05, 0.1) is 5.75 Å². The fourth-order valence-electron chi connectivity index (χ4n) is 3.24. The van der Waals surface area contributed by atoms with Gasteiger partial charge in [-0.3, -0.25) is 9.59 Å². The molecule has 0 radical (unpaired) electrons. The fourth-order valence-corrected chi connectivity index (χ4v) is 3.90. The van der Waals surface area contributed by atoms with Crippen molar-refractivity contribution < 1.29 is 14.0 Å². The average molecular weight is 407 g/mol. The lowest BCUT2D eigenvalue weighted by Gasteiger charge is -2.16. The number of Topliss-reactive ketones (excluding diaryl/α,β-unsaturated/α-hetero) is 1. The molecule has 2 aromatic carbocycles. The molecule has 29 heavy (non-hydrogen) atoms. The van der Waals surface area contributed by atoms with E-state index in [1.807, 2.05) is 37.3 Å². The monoisotopic (exact) mass is 407 g/mol. The van der Waals surface area contributed by atoms with Gasteiger partial charge in [0.2, 0.25) is 11.8 Å². The Bertz CT molecular complexity index is 1080. The van der Waals surface area contributed by atoms with Gasteiger partial charge >= 0.3 is 0 Å². The number of hydrogen-bond acceptors (Lipinski definition) is 6. The second-order valence-corrected chi connectivity index (χ2v) is 8.01. The summed E-state index contributed by atoms with van der Waals surface area (Å²) in [6.07, 6.45) is 1.42. The first-order chi connectivity index (χ1) is 14.0. The van der Waals surface area contributed by atoms with Gasteiger partial charge in [0.1, 0.15) is 0 Å². The third-order valence-corrected chi connectivity index (χ3v) is 5.86. The number of aromatic nitrogens is 2. The van der Waals surface area contributed by atoms with Crippen LogP contribution in [0.5, 0.6) is 0 Å². The first-order valence-corrected chi connectivity index (χ1v) is 10.5. The van der Waals surface area contributed by atoms with Gasteiger partial charge in [0.25, 0.3) is 5.22 Å². The maximum absolute atomic E-state index is 12.6. The predicted molar refractivity (Wildman–Crippen MR) is 112 cm³/mol. The third-order valence-electron chi connectivity index (χ3n) is 5.04. The number of benzene rings is 2. The summed E-state index contributed by atoms with van der Waals surface area (Å²) < 4.78 is 5.71. The fraction of sp³-hybridized carbons (Fsp3) is 0.273. The molecule has 6 nitrogen and oxygen atoms in total. The van der Waals surface area contributed by atoms with E-state index in [0.717, 1.165) is 23.2 Å². The topological polar surface area (TPSA) is 76.3 Å². The number of carbonyl (C=O) groups excluding carboxylic acids is 2. The molecule has 0 aliphatic carbocycles. The first-order valence-electron chi connectivity index (χ1n) is 9.49. The van der Waals surface area contributed by atoms with Crippen LogP contribution >= 0.6 is 11.8 Å². The van der Waals surface area contributed by atoms with E-state index >= 15 is 0 Å². The molecule has 1 saturated heterocycles. The quantitative estimate of drug-likeness (QED) is 0.444. The van der Waals surface area contributed by atoms with Crippen molar-refractivity contribution in [3.63, 3.8) is 0 Å². The van der Waals surface area contributed by atoms with E-state index in [4.69, 9.17) is 4.42 Å². The molecule has 0 bridgehead atoms. The van der Waals surface area contributed by atoms with Crippen molar-refractivity contribution in [3.05, 3.63) is 59.2 Å². The van der Waals surface area contributed by atoms with E-state index < -0.39 is 0 Å². The molecule has 3 aromatic rings.